The zero-order valence-electron chi connectivity index (χ0n) is 14.8. The second kappa shape index (κ2) is 10.2. The molecular weight excluding hydrogens is 254 g/mol. The van der Waals surface area contributed by atoms with E-state index < -0.39 is 0 Å². The lowest BCUT2D eigenvalue weighted by atomic mass is 9.72. The molecule has 0 aromatic heterocycles. The molecule has 21 heavy (non-hydrogen) atoms. The Kier molecular flexibility index (Phi) is 8.99. The molecule has 1 aliphatic carbocycles. The largest absolute Gasteiger partial charge is 0.324 e. The minimum atomic E-state index is 0.251. The van der Waals surface area contributed by atoms with E-state index in [1.807, 2.05) is 0 Å². The molecule has 0 amide bonds. The summed E-state index contributed by atoms with van der Waals surface area (Å²) in [5.74, 6) is 2.02. The topological polar surface area (TPSA) is 26.0 Å². The predicted octanol–water partition coefficient (Wildman–Crippen LogP) is 5.86. The van der Waals surface area contributed by atoms with Crippen molar-refractivity contribution in [2.45, 2.75) is 85.1 Å². The van der Waals surface area contributed by atoms with E-state index in [-0.39, 0.29) is 6.04 Å². The fraction of sp³-hybridized carbons (Fsp3) is 0.800. The standard InChI is InChI=1S/C20H37N/c1-5-10-16(11-6-2)18-14-9-15-19(20(18)21)17(12-7-3)13-8-4/h9,14-18,20H,5-8,10-13,21H2,1-4H3. The van der Waals surface area contributed by atoms with E-state index in [0.29, 0.717) is 11.8 Å². The monoisotopic (exact) mass is 291 g/mol. The Bertz CT molecular complexity index is 317. The van der Waals surface area contributed by atoms with Gasteiger partial charge in [-0.25, -0.2) is 0 Å². The van der Waals surface area contributed by atoms with Gasteiger partial charge >= 0.3 is 0 Å². The van der Waals surface area contributed by atoms with Gasteiger partial charge in [0.2, 0.25) is 0 Å². The van der Waals surface area contributed by atoms with Crippen LogP contribution in [0.15, 0.2) is 23.8 Å². The zero-order chi connectivity index (χ0) is 15.7. The Balaban J connectivity index is 2.84. The quantitative estimate of drug-likeness (QED) is 0.536. The van der Waals surface area contributed by atoms with Gasteiger partial charge in [-0.3, -0.25) is 0 Å². The fourth-order valence-electron chi connectivity index (χ4n) is 4.05. The van der Waals surface area contributed by atoms with E-state index in [2.05, 4.69) is 45.9 Å². The van der Waals surface area contributed by atoms with Crippen molar-refractivity contribution in [3.05, 3.63) is 23.8 Å². The van der Waals surface area contributed by atoms with E-state index in [4.69, 9.17) is 5.73 Å². The molecule has 0 aliphatic heterocycles. The van der Waals surface area contributed by atoms with E-state index in [1.165, 1.54) is 56.9 Å². The summed E-state index contributed by atoms with van der Waals surface area (Å²) < 4.78 is 0. The van der Waals surface area contributed by atoms with Crippen LogP contribution in [0.2, 0.25) is 0 Å². The number of hydrogen-bond donors (Lipinski definition) is 1. The van der Waals surface area contributed by atoms with Crippen LogP contribution in [0, 0.1) is 17.8 Å². The van der Waals surface area contributed by atoms with Crippen molar-refractivity contribution in [3.8, 4) is 0 Å². The zero-order valence-corrected chi connectivity index (χ0v) is 14.8. The molecule has 2 N–H and O–H groups in total. The minimum Gasteiger partial charge on any atom is -0.324 e. The van der Waals surface area contributed by atoms with Gasteiger partial charge < -0.3 is 5.73 Å². The molecular formula is C20H37N. The van der Waals surface area contributed by atoms with Crippen LogP contribution in [-0.2, 0) is 0 Å². The maximum Gasteiger partial charge on any atom is 0.0326 e. The summed E-state index contributed by atoms with van der Waals surface area (Å²) in [6.07, 6.45) is 17.3. The third kappa shape index (κ3) is 5.29. The first-order chi connectivity index (χ1) is 10.2. The first-order valence-electron chi connectivity index (χ1n) is 9.33. The van der Waals surface area contributed by atoms with Gasteiger partial charge in [-0.05, 0) is 36.2 Å². The van der Waals surface area contributed by atoms with Crippen molar-refractivity contribution in [3.63, 3.8) is 0 Å². The van der Waals surface area contributed by atoms with E-state index in [9.17, 15) is 0 Å². The van der Waals surface area contributed by atoms with Crippen LogP contribution in [0.3, 0.4) is 0 Å². The summed E-state index contributed by atoms with van der Waals surface area (Å²) in [4.78, 5) is 0. The first kappa shape index (κ1) is 18.5. The smallest absolute Gasteiger partial charge is 0.0326 e. The Morgan fingerprint density at radius 2 is 1.43 bits per heavy atom. The van der Waals surface area contributed by atoms with Crippen molar-refractivity contribution in [2.24, 2.45) is 23.5 Å². The van der Waals surface area contributed by atoms with Gasteiger partial charge in [0, 0.05) is 6.04 Å². The summed E-state index contributed by atoms with van der Waals surface area (Å²) >= 11 is 0. The summed E-state index contributed by atoms with van der Waals surface area (Å²) in [7, 11) is 0. The second-order valence-electron chi connectivity index (χ2n) is 6.77. The molecule has 1 nitrogen and oxygen atoms in total. The summed E-state index contributed by atoms with van der Waals surface area (Å²) in [6.45, 7) is 9.19. The average Bonchev–Trinajstić information content (AvgIpc) is 2.47. The van der Waals surface area contributed by atoms with Gasteiger partial charge in [0.25, 0.3) is 0 Å². The minimum absolute atomic E-state index is 0.251. The molecule has 0 aromatic carbocycles. The van der Waals surface area contributed by atoms with Crippen LogP contribution in [0.1, 0.15) is 79.1 Å². The maximum atomic E-state index is 6.73. The average molecular weight is 292 g/mol. The highest BCUT2D eigenvalue weighted by Crippen LogP contribution is 2.36. The highest BCUT2D eigenvalue weighted by molar-refractivity contribution is 5.28. The van der Waals surface area contributed by atoms with Crippen molar-refractivity contribution in [1.29, 1.82) is 0 Å². The number of rotatable bonds is 10. The predicted molar refractivity (Wildman–Crippen MR) is 95.3 cm³/mol. The highest BCUT2D eigenvalue weighted by Gasteiger charge is 2.30. The van der Waals surface area contributed by atoms with Gasteiger partial charge in [-0.1, -0.05) is 84.4 Å². The molecule has 0 heterocycles. The van der Waals surface area contributed by atoms with Crippen LogP contribution >= 0.6 is 0 Å². The lowest BCUT2D eigenvalue weighted by Gasteiger charge is -2.36. The Labute approximate surface area is 133 Å². The lowest BCUT2D eigenvalue weighted by molar-refractivity contribution is 0.296. The van der Waals surface area contributed by atoms with Crippen LogP contribution in [0.5, 0.6) is 0 Å². The van der Waals surface area contributed by atoms with Crippen LogP contribution in [0.4, 0.5) is 0 Å². The molecule has 2 unspecified atom stereocenters. The summed E-state index contributed by atoms with van der Waals surface area (Å²) in [5, 5.41) is 0. The van der Waals surface area contributed by atoms with E-state index in [1.54, 1.807) is 0 Å². The van der Waals surface area contributed by atoms with E-state index in [0.717, 1.165) is 5.92 Å². The van der Waals surface area contributed by atoms with Crippen LogP contribution in [-0.4, -0.2) is 6.04 Å². The molecule has 0 spiro atoms. The van der Waals surface area contributed by atoms with Gasteiger partial charge in [0.1, 0.15) is 0 Å². The van der Waals surface area contributed by atoms with Crippen molar-refractivity contribution in [1.82, 2.24) is 0 Å². The molecule has 0 saturated carbocycles. The first-order valence-corrected chi connectivity index (χ1v) is 9.33. The molecule has 1 rings (SSSR count). The molecule has 0 bridgehead atoms. The number of allylic oxidation sites excluding steroid dienone is 2. The second-order valence-corrected chi connectivity index (χ2v) is 6.77. The molecule has 1 aliphatic rings. The molecule has 2 atom stereocenters. The van der Waals surface area contributed by atoms with Crippen molar-refractivity contribution in [2.75, 3.05) is 0 Å². The third-order valence-corrected chi connectivity index (χ3v) is 5.03. The Morgan fingerprint density at radius 1 is 0.905 bits per heavy atom. The van der Waals surface area contributed by atoms with Crippen LogP contribution in [0.25, 0.3) is 0 Å². The molecule has 122 valence electrons. The van der Waals surface area contributed by atoms with Gasteiger partial charge in [-0.15, -0.1) is 0 Å². The normalized spacial score (nSPS) is 22.1. The maximum absolute atomic E-state index is 6.73. The van der Waals surface area contributed by atoms with Gasteiger partial charge in [0.05, 0.1) is 0 Å². The molecule has 0 radical (unpaired) electrons. The summed E-state index contributed by atoms with van der Waals surface area (Å²) in [6, 6.07) is 0.251. The van der Waals surface area contributed by atoms with Gasteiger partial charge in [-0.2, -0.15) is 0 Å². The molecule has 0 aromatic rings. The van der Waals surface area contributed by atoms with Gasteiger partial charge in [0.15, 0.2) is 0 Å². The van der Waals surface area contributed by atoms with Crippen molar-refractivity contribution >= 4 is 0 Å². The molecule has 0 saturated heterocycles. The SMILES string of the molecule is CCCC(CCC)C1=CC=CC(C(CCC)CCC)C1N. The fourth-order valence-corrected chi connectivity index (χ4v) is 4.05. The van der Waals surface area contributed by atoms with Crippen molar-refractivity contribution < 1.29 is 0 Å². The van der Waals surface area contributed by atoms with Crippen LogP contribution < -0.4 is 5.73 Å². The Hall–Kier alpha value is -0.560. The number of nitrogens with two attached hydrogens (primary N) is 1. The number of hydrogen-bond acceptors (Lipinski definition) is 1. The molecule has 0 fully saturated rings. The lowest BCUT2D eigenvalue weighted by Crippen LogP contribution is -2.39. The summed E-state index contributed by atoms with van der Waals surface area (Å²) in [5.41, 5.74) is 8.26. The third-order valence-electron chi connectivity index (χ3n) is 5.03. The Morgan fingerprint density at radius 3 is 1.90 bits per heavy atom. The van der Waals surface area contributed by atoms with E-state index >= 15 is 0 Å². The molecule has 1 heteroatoms. The highest BCUT2D eigenvalue weighted by atomic mass is 14.7.